The first-order valence-corrected chi connectivity index (χ1v) is 11.8. The Hall–Kier alpha value is -2.15. The number of hydrogen-bond acceptors (Lipinski definition) is 5. The zero-order chi connectivity index (χ0) is 22.4. The van der Waals surface area contributed by atoms with Crippen molar-refractivity contribution in [3.8, 4) is 0 Å². The number of ether oxygens (including phenoxy) is 3. The van der Waals surface area contributed by atoms with E-state index in [1.165, 1.54) is 11.1 Å². The largest absolute Gasteiger partial charge is 0.392 e. The minimum atomic E-state index is 0.140. The van der Waals surface area contributed by atoms with Gasteiger partial charge in [0.1, 0.15) is 5.44 Å². The zero-order valence-corrected chi connectivity index (χ0v) is 19.3. The average Bonchev–Trinajstić information content (AvgIpc) is 3.27. The van der Waals surface area contributed by atoms with Crippen molar-refractivity contribution in [2.24, 2.45) is 0 Å². The molecular formula is C27H32O4S. The van der Waals surface area contributed by atoms with E-state index in [4.69, 9.17) is 19.3 Å². The Morgan fingerprint density at radius 2 is 1.31 bits per heavy atom. The summed E-state index contributed by atoms with van der Waals surface area (Å²) in [7, 11) is 1.76. The quantitative estimate of drug-likeness (QED) is 0.468. The maximum atomic E-state index is 8.54. The smallest absolute Gasteiger partial charge is 0.105 e. The number of methoxy groups -OCH3 is 1. The SMILES string of the molecule is COC1CC(OCc2ccccc2)C(COCc2ccccc2)S1.OCc1ccccc1. The van der Waals surface area contributed by atoms with E-state index in [-0.39, 0.29) is 18.1 Å². The Morgan fingerprint density at radius 3 is 1.81 bits per heavy atom. The molecule has 1 saturated heterocycles. The molecule has 4 rings (SSSR count). The van der Waals surface area contributed by atoms with Crippen LogP contribution in [0.3, 0.4) is 0 Å². The summed E-state index contributed by atoms with van der Waals surface area (Å²) >= 11 is 1.82. The molecule has 1 fully saturated rings. The number of hydrogen-bond donors (Lipinski definition) is 1. The number of aliphatic hydroxyl groups is 1. The lowest BCUT2D eigenvalue weighted by molar-refractivity contribution is 0.00366. The van der Waals surface area contributed by atoms with Crippen LogP contribution in [-0.2, 0) is 34.0 Å². The number of benzene rings is 3. The lowest BCUT2D eigenvalue weighted by Gasteiger charge is -2.19. The molecule has 0 saturated carbocycles. The Morgan fingerprint density at radius 1 is 0.781 bits per heavy atom. The first-order chi connectivity index (χ1) is 15.8. The van der Waals surface area contributed by atoms with E-state index in [1.807, 2.05) is 78.5 Å². The molecule has 32 heavy (non-hydrogen) atoms. The van der Waals surface area contributed by atoms with Crippen LogP contribution in [0.15, 0.2) is 91.0 Å². The normalized spacial score (nSPS) is 19.9. The van der Waals surface area contributed by atoms with E-state index in [9.17, 15) is 0 Å². The molecule has 1 aliphatic rings. The van der Waals surface area contributed by atoms with Gasteiger partial charge in [-0.3, -0.25) is 0 Å². The van der Waals surface area contributed by atoms with Crippen molar-refractivity contribution in [1.29, 1.82) is 0 Å². The molecule has 3 unspecified atom stereocenters. The third kappa shape index (κ3) is 8.41. The molecule has 0 bridgehead atoms. The lowest BCUT2D eigenvalue weighted by atomic mass is 10.2. The van der Waals surface area contributed by atoms with Gasteiger partial charge in [0, 0.05) is 13.5 Å². The van der Waals surface area contributed by atoms with Crippen LogP contribution in [0.1, 0.15) is 23.1 Å². The summed E-state index contributed by atoms with van der Waals surface area (Å²) in [4.78, 5) is 0. The maximum Gasteiger partial charge on any atom is 0.105 e. The Labute approximate surface area is 195 Å². The fraction of sp³-hybridized carbons (Fsp3) is 0.333. The van der Waals surface area contributed by atoms with Gasteiger partial charge in [0.05, 0.1) is 37.8 Å². The maximum absolute atomic E-state index is 8.54. The minimum Gasteiger partial charge on any atom is -0.392 e. The second kappa shape index (κ2) is 14.1. The van der Waals surface area contributed by atoms with E-state index < -0.39 is 0 Å². The summed E-state index contributed by atoms with van der Waals surface area (Å²) in [6.45, 7) is 2.10. The second-order valence-corrected chi connectivity index (χ2v) is 8.96. The highest BCUT2D eigenvalue weighted by Crippen LogP contribution is 2.37. The van der Waals surface area contributed by atoms with Crippen LogP contribution in [0.4, 0.5) is 0 Å². The molecule has 1 aliphatic heterocycles. The highest BCUT2D eigenvalue weighted by atomic mass is 32.2. The van der Waals surface area contributed by atoms with Gasteiger partial charge in [-0.1, -0.05) is 91.0 Å². The molecule has 1 N–H and O–H groups in total. The molecule has 5 heteroatoms. The molecule has 0 spiro atoms. The van der Waals surface area contributed by atoms with Gasteiger partial charge in [0.25, 0.3) is 0 Å². The van der Waals surface area contributed by atoms with E-state index in [0.717, 1.165) is 12.0 Å². The molecule has 3 aromatic carbocycles. The summed E-state index contributed by atoms with van der Waals surface area (Å²) in [6.07, 6.45) is 1.07. The van der Waals surface area contributed by atoms with Gasteiger partial charge < -0.3 is 19.3 Å². The van der Waals surface area contributed by atoms with Crippen LogP contribution in [0.5, 0.6) is 0 Å². The number of thioether (sulfide) groups is 1. The second-order valence-electron chi connectivity index (χ2n) is 7.55. The third-order valence-corrected chi connectivity index (χ3v) is 6.63. The zero-order valence-electron chi connectivity index (χ0n) is 18.5. The van der Waals surface area contributed by atoms with Crippen molar-refractivity contribution in [2.45, 2.75) is 43.0 Å². The standard InChI is InChI=1S/C20H24O3S.C7H8O/c1-21-20-12-18(23-14-17-10-6-3-7-11-17)19(24-20)15-22-13-16-8-4-2-5-9-16;8-6-7-4-2-1-3-5-7/h2-11,18-20H,12-15H2,1H3;1-5,8H,6H2. The van der Waals surface area contributed by atoms with Crippen LogP contribution < -0.4 is 0 Å². The molecule has 170 valence electrons. The van der Waals surface area contributed by atoms with Crippen molar-refractivity contribution in [1.82, 2.24) is 0 Å². The molecular weight excluding hydrogens is 420 g/mol. The molecule has 0 radical (unpaired) electrons. The van der Waals surface area contributed by atoms with Gasteiger partial charge in [-0.05, 0) is 16.7 Å². The van der Waals surface area contributed by atoms with E-state index in [0.29, 0.717) is 25.1 Å². The van der Waals surface area contributed by atoms with Crippen molar-refractivity contribution in [3.63, 3.8) is 0 Å². The fourth-order valence-corrected chi connectivity index (χ4v) is 4.72. The molecule has 3 atom stereocenters. The van der Waals surface area contributed by atoms with Crippen LogP contribution in [0, 0.1) is 0 Å². The predicted molar refractivity (Wildman–Crippen MR) is 130 cm³/mol. The summed E-state index contributed by atoms with van der Waals surface area (Å²) in [5.41, 5.74) is 3.56. The van der Waals surface area contributed by atoms with Gasteiger partial charge in [-0.15, -0.1) is 11.8 Å². The highest BCUT2D eigenvalue weighted by molar-refractivity contribution is 8.00. The molecule has 0 aliphatic carbocycles. The lowest BCUT2D eigenvalue weighted by Crippen LogP contribution is -2.26. The monoisotopic (exact) mass is 452 g/mol. The van der Waals surface area contributed by atoms with Gasteiger partial charge in [-0.25, -0.2) is 0 Å². The number of aliphatic hydroxyl groups excluding tert-OH is 1. The van der Waals surface area contributed by atoms with Gasteiger partial charge in [0.2, 0.25) is 0 Å². The molecule has 4 nitrogen and oxygen atoms in total. The molecule has 1 heterocycles. The van der Waals surface area contributed by atoms with Crippen molar-refractivity contribution in [2.75, 3.05) is 13.7 Å². The van der Waals surface area contributed by atoms with Crippen LogP contribution >= 0.6 is 11.8 Å². The van der Waals surface area contributed by atoms with Gasteiger partial charge >= 0.3 is 0 Å². The summed E-state index contributed by atoms with van der Waals surface area (Å²) in [6, 6.07) is 30.1. The Kier molecular flexibility index (Phi) is 10.8. The third-order valence-electron chi connectivity index (χ3n) is 5.15. The first kappa shape index (κ1) is 24.5. The fourth-order valence-electron chi connectivity index (χ4n) is 3.38. The van der Waals surface area contributed by atoms with Gasteiger partial charge in [-0.2, -0.15) is 0 Å². The van der Waals surface area contributed by atoms with E-state index >= 15 is 0 Å². The van der Waals surface area contributed by atoms with Crippen LogP contribution in [0.2, 0.25) is 0 Å². The summed E-state index contributed by atoms with van der Waals surface area (Å²) in [5.74, 6) is 0. The predicted octanol–water partition coefficient (Wildman–Crippen LogP) is 5.45. The van der Waals surface area contributed by atoms with E-state index in [2.05, 4.69) is 24.3 Å². The molecule has 0 amide bonds. The van der Waals surface area contributed by atoms with Gasteiger partial charge in [0.15, 0.2) is 0 Å². The first-order valence-electron chi connectivity index (χ1n) is 10.9. The van der Waals surface area contributed by atoms with Crippen molar-refractivity contribution >= 4 is 11.8 Å². The average molecular weight is 453 g/mol. The van der Waals surface area contributed by atoms with Crippen LogP contribution in [0.25, 0.3) is 0 Å². The van der Waals surface area contributed by atoms with E-state index in [1.54, 1.807) is 7.11 Å². The Balaban J connectivity index is 0.000000305. The minimum absolute atomic E-state index is 0.140. The Bertz CT molecular complexity index is 861. The van der Waals surface area contributed by atoms with Crippen LogP contribution in [-0.4, -0.2) is 35.6 Å². The number of rotatable bonds is 9. The highest BCUT2D eigenvalue weighted by Gasteiger charge is 2.36. The van der Waals surface area contributed by atoms with Crippen molar-refractivity contribution < 1.29 is 19.3 Å². The molecule has 0 aromatic heterocycles. The topological polar surface area (TPSA) is 47.9 Å². The van der Waals surface area contributed by atoms with Crippen molar-refractivity contribution in [3.05, 3.63) is 108 Å². The summed E-state index contributed by atoms with van der Waals surface area (Å²) in [5, 5.41) is 8.85. The molecule has 3 aromatic rings. The summed E-state index contributed by atoms with van der Waals surface area (Å²) < 4.78 is 17.6.